The van der Waals surface area contributed by atoms with E-state index >= 15 is 0 Å². The molecule has 1 saturated carbocycles. The molecule has 1 aromatic heterocycles. The van der Waals surface area contributed by atoms with E-state index < -0.39 is 0 Å². The number of anilines is 2. The standard InChI is InChI=1S/C14H22N6O/c15-19-12-8-11(17-14(18-12)10-4-5-10)16-9-13(21)20-6-2-1-3-7-20/h8,10H,1-7,9,15H2,(H2,16,17,18,19). The minimum Gasteiger partial charge on any atom is -0.361 e. The summed E-state index contributed by atoms with van der Waals surface area (Å²) in [5.74, 6) is 8.05. The van der Waals surface area contributed by atoms with Gasteiger partial charge < -0.3 is 15.6 Å². The number of piperidine rings is 1. The van der Waals surface area contributed by atoms with Gasteiger partial charge in [0.2, 0.25) is 5.91 Å². The molecular formula is C14H22N6O. The molecule has 1 aliphatic heterocycles. The van der Waals surface area contributed by atoms with Crippen molar-refractivity contribution in [2.45, 2.75) is 38.0 Å². The number of rotatable bonds is 5. The first-order chi connectivity index (χ1) is 10.3. The molecule has 3 rings (SSSR count). The Labute approximate surface area is 124 Å². The molecule has 0 radical (unpaired) electrons. The molecule has 0 unspecified atom stereocenters. The van der Waals surface area contributed by atoms with Gasteiger partial charge in [0.15, 0.2) is 0 Å². The number of likely N-dealkylation sites (tertiary alicyclic amines) is 1. The molecule has 1 saturated heterocycles. The van der Waals surface area contributed by atoms with Gasteiger partial charge in [-0.05, 0) is 32.1 Å². The molecule has 21 heavy (non-hydrogen) atoms. The van der Waals surface area contributed by atoms with Crippen LogP contribution in [0.15, 0.2) is 6.07 Å². The van der Waals surface area contributed by atoms with Crippen LogP contribution in [0.4, 0.5) is 11.6 Å². The Hall–Kier alpha value is -1.89. The summed E-state index contributed by atoms with van der Waals surface area (Å²) in [5, 5.41) is 3.10. The largest absolute Gasteiger partial charge is 0.361 e. The third-order valence-electron chi connectivity index (χ3n) is 3.96. The molecule has 4 N–H and O–H groups in total. The molecule has 1 aromatic rings. The zero-order chi connectivity index (χ0) is 14.7. The highest BCUT2D eigenvalue weighted by molar-refractivity contribution is 5.80. The van der Waals surface area contributed by atoms with Crippen LogP contribution >= 0.6 is 0 Å². The van der Waals surface area contributed by atoms with Crippen molar-refractivity contribution in [2.75, 3.05) is 30.4 Å². The van der Waals surface area contributed by atoms with E-state index in [-0.39, 0.29) is 12.5 Å². The van der Waals surface area contributed by atoms with Crippen LogP contribution in [0.3, 0.4) is 0 Å². The minimum atomic E-state index is 0.128. The number of aromatic nitrogens is 2. The average Bonchev–Trinajstić information content (AvgIpc) is 3.38. The molecule has 2 heterocycles. The molecule has 0 spiro atoms. The topological polar surface area (TPSA) is 96.2 Å². The Morgan fingerprint density at radius 1 is 1.24 bits per heavy atom. The second kappa shape index (κ2) is 6.26. The van der Waals surface area contributed by atoms with E-state index in [1.54, 1.807) is 6.07 Å². The Morgan fingerprint density at radius 3 is 2.62 bits per heavy atom. The lowest BCUT2D eigenvalue weighted by Gasteiger charge is -2.26. The maximum atomic E-state index is 12.1. The summed E-state index contributed by atoms with van der Waals surface area (Å²) in [6, 6.07) is 1.73. The summed E-state index contributed by atoms with van der Waals surface area (Å²) in [7, 11) is 0. The van der Waals surface area contributed by atoms with Crippen molar-refractivity contribution >= 4 is 17.5 Å². The van der Waals surface area contributed by atoms with Crippen molar-refractivity contribution in [3.05, 3.63) is 11.9 Å². The van der Waals surface area contributed by atoms with Crippen LogP contribution in [0.25, 0.3) is 0 Å². The van der Waals surface area contributed by atoms with Gasteiger partial charge in [-0.1, -0.05) is 0 Å². The first kappa shape index (κ1) is 14.1. The van der Waals surface area contributed by atoms with Crippen LogP contribution < -0.4 is 16.6 Å². The Bertz CT molecular complexity index is 510. The summed E-state index contributed by atoms with van der Waals surface area (Å²) in [5.41, 5.74) is 2.55. The lowest BCUT2D eigenvalue weighted by atomic mass is 10.1. The molecule has 114 valence electrons. The van der Waals surface area contributed by atoms with Crippen LogP contribution in [0.2, 0.25) is 0 Å². The highest BCUT2D eigenvalue weighted by atomic mass is 16.2. The number of nitrogens with two attached hydrogens (primary N) is 1. The Morgan fingerprint density at radius 2 is 1.95 bits per heavy atom. The molecule has 2 fully saturated rings. The molecule has 0 aromatic carbocycles. The quantitative estimate of drug-likeness (QED) is 0.554. The molecule has 7 heteroatoms. The Kier molecular flexibility index (Phi) is 4.19. The van der Waals surface area contributed by atoms with E-state index in [4.69, 9.17) is 5.84 Å². The van der Waals surface area contributed by atoms with Crippen molar-refractivity contribution in [3.8, 4) is 0 Å². The van der Waals surface area contributed by atoms with Crippen LogP contribution in [0, 0.1) is 0 Å². The third-order valence-corrected chi connectivity index (χ3v) is 3.96. The summed E-state index contributed by atoms with van der Waals surface area (Å²) < 4.78 is 0. The van der Waals surface area contributed by atoms with Gasteiger partial charge in [-0.25, -0.2) is 15.8 Å². The number of nitrogens with one attached hydrogen (secondary N) is 2. The van der Waals surface area contributed by atoms with Gasteiger partial charge in [0.25, 0.3) is 0 Å². The molecule has 0 atom stereocenters. The number of hydrogen-bond acceptors (Lipinski definition) is 6. The molecule has 0 bridgehead atoms. The van der Waals surface area contributed by atoms with Crippen molar-refractivity contribution in [1.29, 1.82) is 0 Å². The van der Waals surface area contributed by atoms with Crippen LogP contribution in [-0.4, -0.2) is 40.4 Å². The average molecular weight is 290 g/mol. The second-order valence-corrected chi connectivity index (χ2v) is 5.71. The van der Waals surface area contributed by atoms with E-state index in [0.717, 1.165) is 44.6 Å². The van der Waals surface area contributed by atoms with E-state index in [1.807, 2.05) is 4.90 Å². The van der Waals surface area contributed by atoms with Gasteiger partial charge in [-0.3, -0.25) is 4.79 Å². The number of carbonyl (C=O) groups is 1. The summed E-state index contributed by atoms with van der Waals surface area (Å²) in [6.07, 6.45) is 5.68. The number of hydrogen-bond donors (Lipinski definition) is 3. The fraction of sp³-hybridized carbons (Fsp3) is 0.643. The van der Waals surface area contributed by atoms with Gasteiger partial charge in [-0.15, -0.1) is 0 Å². The van der Waals surface area contributed by atoms with Crippen molar-refractivity contribution in [2.24, 2.45) is 5.84 Å². The maximum absolute atomic E-state index is 12.1. The SMILES string of the molecule is NNc1cc(NCC(=O)N2CCCCC2)nc(C2CC2)n1. The van der Waals surface area contributed by atoms with E-state index in [1.165, 1.54) is 6.42 Å². The molecule has 1 aliphatic carbocycles. The molecular weight excluding hydrogens is 268 g/mol. The summed E-state index contributed by atoms with van der Waals surface area (Å²) >= 11 is 0. The predicted octanol–water partition coefficient (Wildman–Crippen LogP) is 1.06. The van der Waals surface area contributed by atoms with E-state index in [0.29, 0.717) is 17.6 Å². The first-order valence-corrected chi connectivity index (χ1v) is 7.63. The molecule has 2 aliphatic rings. The van der Waals surface area contributed by atoms with Gasteiger partial charge in [-0.2, -0.15) is 0 Å². The minimum absolute atomic E-state index is 0.128. The highest BCUT2D eigenvalue weighted by Crippen LogP contribution is 2.38. The second-order valence-electron chi connectivity index (χ2n) is 5.71. The summed E-state index contributed by atoms with van der Waals surface area (Å²) in [4.78, 5) is 22.9. The number of nitrogen functional groups attached to an aromatic ring is 1. The third kappa shape index (κ3) is 3.60. The zero-order valence-corrected chi connectivity index (χ0v) is 12.1. The van der Waals surface area contributed by atoms with Gasteiger partial charge in [0.1, 0.15) is 17.5 Å². The summed E-state index contributed by atoms with van der Waals surface area (Å²) in [6.45, 7) is 2.01. The Balaban J connectivity index is 1.61. The van der Waals surface area contributed by atoms with Gasteiger partial charge in [0, 0.05) is 25.1 Å². The fourth-order valence-corrected chi connectivity index (χ4v) is 2.58. The number of nitrogens with zero attached hydrogens (tertiary/aromatic N) is 3. The smallest absolute Gasteiger partial charge is 0.241 e. The van der Waals surface area contributed by atoms with Gasteiger partial charge >= 0.3 is 0 Å². The van der Waals surface area contributed by atoms with Crippen LogP contribution in [0.1, 0.15) is 43.8 Å². The zero-order valence-electron chi connectivity index (χ0n) is 12.1. The van der Waals surface area contributed by atoms with Crippen molar-refractivity contribution < 1.29 is 4.79 Å². The maximum Gasteiger partial charge on any atom is 0.241 e. The molecule has 1 amide bonds. The number of amides is 1. The van der Waals surface area contributed by atoms with Gasteiger partial charge in [0.05, 0.1) is 6.54 Å². The normalized spacial score (nSPS) is 18.4. The van der Waals surface area contributed by atoms with Crippen LogP contribution in [-0.2, 0) is 4.79 Å². The number of hydrazine groups is 1. The van der Waals surface area contributed by atoms with Crippen LogP contribution in [0.5, 0.6) is 0 Å². The molecule has 7 nitrogen and oxygen atoms in total. The number of carbonyl (C=O) groups excluding carboxylic acids is 1. The van der Waals surface area contributed by atoms with E-state index in [9.17, 15) is 4.79 Å². The van der Waals surface area contributed by atoms with Crippen molar-refractivity contribution in [1.82, 2.24) is 14.9 Å². The lowest BCUT2D eigenvalue weighted by molar-refractivity contribution is -0.130. The van der Waals surface area contributed by atoms with E-state index in [2.05, 4.69) is 20.7 Å². The first-order valence-electron chi connectivity index (χ1n) is 7.63. The lowest BCUT2D eigenvalue weighted by Crippen LogP contribution is -2.39. The highest BCUT2D eigenvalue weighted by Gasteiger charge is 2.27. The van der Waals surface area contributed by atoms with Crippen molar-refractivity contribution in [3.63, 3.8) is 0 Å². The fourth-order valence-electron chi connectivity index (χ4n) is 2.58. The predicted molar refractivity (Wildman–Crippen MR) is 80.7 cm³/mol. The monoisotopic (exact) mass is 290 g/mol.